The maximum Gasteiger partial charge on any atom is 0.257 e. The number of rotatable bonds is 2. The molecule has 1 aliphatic rings. The van der Waals surface area contributed by atoms with Gasteiger partial charge in [0.2, 0.25) is 5.91 Å². The number of carbonyl (C=O) groups is 2. The van der Waals surface area contributed by atoms with Crippen molar-refractivity contribution in [2.24, 2.45) is 4.99 Å². The zero-order valence-corrected chi connectivity index (χ0v) is 10.7. The van der Waals surface area contributed by atoms with Crippen LogP contribution in [0.25, 0.3) is 0 Å². The van der Waals surface area contributed by atoms with E-state index in [1.54, 1.807) is 0 Å². The van der Waals surface area contributed by atoms with Gasteiger partial charge >= 0.3 is 0 Å². The summed E-state index contributed by atoms with van der Waals surface area (Å²) in [6, 6.07) is 9.42. The standard InChI is InChI=1S/C13H11N5O2/c1-8(19)14-12-16-13-15-10(7-11(20)18(13)17-12)9-5-3-2-4-6-9/h2-6H,7H2,1H3,(H,14,17,19). The van der Waals surface area contributed by atoms with Crippen LogP contribution in [-0.4, -0.2) is 32.3 Å². The molecule has 0 fully saturated rings. The van der Waals surface area contributed by atoms with Crippen molar-refractivity contribution in [2.75, 3.05) is 5.32 Å². The number of carbonyl (C=O) groups excluding carboxylic acids is 2. The second-order valence-electron chi connectivity index (χ2n) is 4.32. The van der Waals surface area contributed by atoms with Gasteiger partial charge in [0.05, 0.1) is 12.1 Å². The van der Waals surface area contributed by atoms with Crippen LogP contribution in [0.15, 0.2) is 35.3 Å². The zero-order chi connectivity index (χ0) is 14.1. The number of amides is 1. The first kappa shape index (κ1) is 12.2. The Hall–Kier alpha value is -2.83. The number of hydrogen-bond donors (Lipinski definition) is 1. The number of benzene rings is 1. The lowest BCUT2D eigenvalue weighted by molar-refractivity contribution is -0.114. The molecule has 0 atom stereocenters. The van der Waals surface area contributed by atoms with E-state index >= 15 is 0 Å². The van der Waals surface area contributed by atoms with E-state index in [0.29, 0.717) is 5.71 Å². The third-order valence-corrected chi connectivity index (χ3v) is 2.77. The summed E-state index contributed by atoms with van der Waals surface area (Å²) >= 11 is 0. The first-order valence-corrected chi connectivity index (χ1v) is 6.04. The highest BCUT2D eigenvalue weighted by Crippen LogP contribution is 2.21. The van der Waals surface area contributed by atoms with Gasteiger partial charge in [0.25, 0.3) is 17.8 Å². The molecule has 100 valence electrons. The molecular formula is C13H11N5O2. The van der Waals surface area contributed by atoms with Crippen molar-refractivity contribution in [3.05, 3.63) is 35.9 Å². The van der Waals surface area contributed by atoms with Crippen LogP contribution in [0.3, 0.4) is 0 Å². The van der Waals surface area contributed by atoms with Crippen molar-refractivity contribution in [3.63, 3.8) is 0 Å². The predicted octanol–water partition coefficient (Wildman–Crippen LogP) is 1.40. The molecule has 7 nitrogen and oxygen atoms in total. The largest absolute Gasteiger partial charge is 0.293 e. The maximum atomic E-state index is 12.0. The van der Waals surface area contributed by atoms with Gasteiger partial charge in [0, 0.05) is 6.92 Å². The van der Waals surface area contributed by atoms with E-state index in [4.69, 9.17) is 0 Å². The highest BCUT2D eigenvalue weighted by molar-refractivity contribution is 6.13. The summed E-state index contributed by atoms with van der Waals surface area (Å²) in [5.41, 5.74) is 1.51. The molecule has 0 spiro atoms. The second kappa shape index (κ2) is 4.69. The summed E-state index contributed by atoms with van der Waals surface area (Å²) in [6.45, 7) is 1.35. The highest BCUT2D eigenvalue weighted by Gasteiger charge is 2.24. The average Bonchev–Trinajstić information content (AvgIpc) is 2.82. The van der Waals surface area contributed by atoms with Crippen LogP contribution in [0.2, 0.25) is 0 Å². The van der Waals surface area contributed by atoms with Crippen LogP contribution in [0.4, 0.5) is 11.9 Å². The van der Waals surface area contributed by atoms with Gasteiger partial charge in [-0.3, -0.25) is 14.9 Å². The van der Waals surface area contributed by atoms with E-state index in [-0.39, 0.29) is 30.1 Å². The van der Waals surface area contributed by atoms with Crippen LogP contribution in [-0.2, 0) is 4.79 Å². The fourth-order valence-corrected chi connectivity index (χ4v) is 1.93. The molecule has 1 aromatic heterocycles. The van der Waals surface area contributed by atoms with Crippen LogP contribution >= 0.6 is 0 Å². The van der Waals surface area contributed by atoms with E-state index in [2.05, 4.69) is 20.4 Å². The Morgan fingerprint density at radius 2 is 2.05 bits per heavy atom. The van der Waals surface area contributed by atoms with Crippen molar-refractivity contribution in [3.8, 4) is 0 Å². The number of aliphatic imine (C=N–C) groups is 1. The van der Waals surface area contributed by atoms with Gasteiger partial charge in [-0.25, -0.2) is 4.99 Å². The lowest BCUT2D eigenvalue weighted by atomic mass is 10.1. The predicted molar refractivity (Wildman–Crippen MR) is 72.2 cm³/mol. The third-order valence-electron chi connectivity index (χ3n) is 2.77. The van der Waals surface area contributed by atoms with Gasteiger partial charge in [-0.05, 0) is 5.56 Å². The molecule has 0 unspecified atom stereocenters. The van der Waals surface area contributed by atoms with Crippen molar-refractivity contribution >= 4 is 29.4 Å². The number of hydrogen-bond acceptors (Lipinski definition) is 5. The summed E-state index contributed by atoms with van der Waals surface area (Å²) in [6.07, 6.45) is 0.153. The minimum atomic E-state index is -0.298. The van der Waals surface area contributed by atoms with Crippen molar-refractivity contribution in [2.45, 2.75) is 13.3 Å². The maximum absolute atomic E-state index is 12.0. The topological polar surface area (TPSA) is 89.2 Å². The third kappa shape index (κ3) is 2.20. The molecule has 0 aliphatic carbocycles. The molecule has 0 saturated carbocycles. The molecule has 20 heavy (non-hydrogen) atoms. The number of anilines is 1. The summed E-state index contributed by atoms with van der Waals surface area (Å²) in [5, 5.41) is 6.35. The molecule has 2 aromatic rings. The summed E-state index contributed by atoms with van der Waals surface area (Å²) in [4.78, 5) is 31.4. The van der Waals surface area contributed by atoms with Gasteiger partial charge in [0.15, 0.2) is 0 Å². The summed E-state index contributed by atoms with van der Waals surface area (Å²) < 4.78 is 1.11. The Balaban J connectivity index is 2.00. The molecule has 0 bridgehead atoms. The first-order chi connectivity index (χ1) is 9.63. The fraction of sp³-hybridized carbons (Fsp3) is 0.154. The Labute approximate surface area is 114 Å². The normalized spacial score (nSPS) is 13.7. The average molecular weight is 269 g/mol. The molecule has 1 N–H and O–H groups in total. The Morgan fingerprint density at radius 1 is 1.30 bits per heavy atom. The molecule has 2 heterocycles. The van der Waals surface area contributed by atoms with Gasteiger partial charge in [-0.15, -0.1) is 5.10 Å². The van der Waals surface area contributed by atoms with E-state index in [9.17, 15) is 9.59 Å². The van der Waals surface area contributed by atoms with Crippen LogP contribution in [0, 0.1) is 0 Å². The SMILES string of the molecule is CC(=O)Nc1nc2n(n1)C(=O)CC(c1ccccc1)=N2. The molecule has 1 aliphatic heterocycles. The Morgan fingerprint density at radius 3 is 2.75 bits per heavy atom. The fourth-order valence-electron chi connectivity index (χ4n) is 1.93. The quantitative estimate of drug-likeness (QED) is 0.892. The summed E-state index contributed by atoms with van der Waals surface area (Å²) in [7, 11) is 0. The van der Waals surface area contributed by atoms with E-state index in [1.165, 1.54) is 6.92 Å². The lowest BCUT2D eigenvalue weighted by Gasteiger charge is -2.11. The van der Waals surface area contributed by atoms with Gasteiger partial charge in [-0.2, -0.15) is 9.67 Å². The van der Waals surface area contributed by atoms with Gasteiger partial charge in [-0.1, -0.05) is 30.3 Å². The van der Waals surface area contributed by atoms with Crippen molar-refractivity contribution < 1.29 is 9.59 Å². The smallest absolute Gasteiger partial charge is 0.257 e. The van der Waals surface area contributed by atoms with Crippen LogP contribution in [0.5, 0.6) is 0 Å². The monoisotopic (exact) mass is 269 g/mol. The molecule has 3 rings (SSSR count). The molecule has 7 heteroatoms. The lowest BCUT2D eigenvalue weighted by Crippen LogP contribution is -2.21. The van der Waals surface area contributed by atoms with Crippen molar-refractivity contribution in [1.82, 2.24) is 14.8 Å². The van der Waals surface area contributed by atoms with E-state index < -0.39 is 0 Å². The van der Waals surface area contributed by atoms with Crippen LogP contribution in [0.1, 0.15) is 23.7 Å². The minimum absolute atomic E-state index is 0.0823. The Kier molecular flexibility index (Phi) is 2.86. The second-order valence-corrected chi connectivity index (χ2v) is 4.32. The first-order valence-electron chi connectivity index (χ1n) is 6.04. The number of fused-ring (bicyclic) bond motifs is 1. The molecule has 1 amide bonds. The minimum Gasteiger partial charge on any atom is -0.293 e. The van der Waals surface area contributed by atoms with E-state index in [0.717, 1.165) is 10.2 Å². The van der Waals surface area contributed by atoms with E-state index in [1.807, 2.05) is 30.3 Å². The van der Waals surface area contributed by atoms with Crippen molar-refractivity contribution in [1.29, 1.82) is 0 Å². The zero-order valence-electron chi connectivity index (χ0n) is 10.7. The van der Waals surface area contributed by atoms with Crippen LogP contribution < -0.4 is 5.32 Å². The number of nitrogens with one attached hydrogen (secondary N) is 1. The number of aromatic nitrogens is 3. The molecule has 0 saturated heterocycles. The number of nitrogens with zero attached hydrogens (tertiary/aromatic N) is 4. The molecule has 1 aromatic carbocycles. The highest BCUT2D eigenvalue weighted by atomic mass is 16.2. The van der Waals surface area contributed by atoms with Gasteiger partial charge in [0.1, 0.15) is 0 Å². The Bertz CT molecular complexity index is 718. The summed E-state index contributed by atoms with van der Waals surface area (Å²) in [5.74, 6) is -0.256. The van der Waals surface area contributed by atoms with Gasteiger partial charge < -0.3 is 0 Å². The molecular weight excluding hydrogens is 258 g/mol. The molecule has 0 radical (unpaired) electrons.